The first-order chi connectivity index (χ1) is 11.9. The van der Waals surface area contributed by atoms with Crippen molar-refractivity contribution >= 4 is 29.9 Å². The van der Waals surface area contributed by atoms with Crippen molar-refractivity contribution in [2.45, 2.75) is 18.6 Å². The van der Waals surface area contributed by atoms with Crippen molar-refractivity contribution in [3.8, 4) is 5.75 Å². The molecule has 1 aromatic rings. The smallest absolute Gasteiger partial charge is 0.405 e. The van der Waals surface area contributed by atoms with Crippen molar-refractivity contribution in [1.29, 1.82) is 0 Å². The van der Waals surface area contributed by atoms with Gasteiger partial charge in [0.1, 0.15) is 11.8 Å². The number of alkyl halides is 3. The summed E-state index contributed by atoms with van der Waals surface area (Å²) in [6.07, 6.45) is -4.40. The third-order valence-corrected chi connectivity index (χ3v) is 4.13. The average molecular weight is 416 g/mol. The van der Waals surface area contributed by atoms with Crippen LogP contribution < -0.4 is 15.4 Å². The molecule has 0 bridgehead atoms. The molecule has 1 fully saturated rings. The van der Waals surface area contributed by atoms with Crippen LogP contribution in [0.15, 0.2) is 24.3 Å². The van der Waals surface area contributed by atoms with Crippen molar-refractivity contribution in [3.63, 3.8) is 0 Å². The van der Waals surface area contributed by atoms with Crippen molar-refractivity contribution in [1.82, 2.24) is 15.5 Å². The van der Waals surface area contributed by atoms with Crippen molar-refractivity contribution < 1.29 is 22.7 Å². The Balaban J connectivity index is 0.00000338. The van der Waals surface area contributed by atoms with Gasteiger partial charge in [-0.15, -0.1) is 12.4 Å². The summed E-state index contributed by atoms with van der Waals surface area (Å²) in [5, 5.41) is 5.94. The number of ether oxygens (including phenoxy) is 1. The number of hydrogen-bond donors (Lipinski definition) is 2. The number of carbonyl (C=O) groups is 1. The van der Waals surface area contributed by atoms with Crippen molar-refractivity contribution in [2.24, 2.45) is 0 Å². The van der Waals surface area contributed by atoms with Gasteiger partial charge in [0.25, 0.3) is 0 Å². The van der Waals surface area contributed by atoms with Gasteiger partial charge in [-0.05, 0) is 24.3 Å². The fourth-order valence-corrected chi connectivity index (χ4v) is 2.66. The highest BCUT2D eigenvalue weighted by atomic mass is 35.5. The van der Waals surface area contributed by atoms with Gasteiger partial charge in [-0.1, -0.05) is 11.6 Å². The first kappa shape index (κ1) is 22.8. The maximum Gasteiger partial charge on any atom is 0.405 e. The average Bonchev–Trinajstić information content (AvgIpc) is 2.56. The zero-order chi connectivity index (χ0) is 18.3. The number of nitrogens with one attached hydrogen (secondary N) is 2. The van der Waals surface area contributed by atoms with Crippen LogP contribution in [0.5, 0.6) is 5.75 Å². The summed E-state index contributed by atoms with van der Waals surface area (Å²) in [5.41, 5.74) is 0. The third-order valence-electron chi connectivity index (χ3n) is 3.87. The fourth-order valence-electron chi connectivity index (χ4n) is 2.54. The lowest BCUT2D eigenvalue weighted by molar-refractivity contribution is -0.184. The van der Waals surface area contributed by atoms with Crippen molar-refractivity contribution in [2.75, 3.05) is 39.3 Å². The standard InChI is InChI=1S/C16H21ClF3N3O2.ClH/c17-12-1-3-13(4-2-12)25-10-5-15(24)22-11-14(16(18,19)20)23-8-6-21-7-9-23;/h1-4,14,21H,5-11H2,(H,22,24);1H. The number of hydrogen-bond acceptors (Lipinski definition) is 4. The fraction of sp³-hybridized carbons (Fsp3) is 0.562. The molecule has 2 rings (SSSR count). The molecule has 1 amide bonds. The SMILES string of the molecule is Cl.O=C(CCOc1ccc(Cl)cc1)NCC(N1CCNCC1)C(F)(F)F. The predicted octanol–water partition coefficient (Wildman–Crippen LogP) is 2.48. The first-order valence-corrected chi connectivity index (χ1v) is 8.40. The van der Waals surface area contributed by atoms with Crippen LogP contribution >= 0.6 is 24.0 Å². The van der Waals surface area contributed by atoms with Crippen LogP contribution in [0.25, 0.3) is 0 Å². The number of benzene rings is 1. The number of halogens is 5. The van der Waals surface area contributed by atoms with Gasteiger partial charge < -0.3 is 15.4 Å². The Morgan fingerprint density at radius 3 is 2.46 bits per heavy atom. The van der Waals surface area contributed by atoms with Gasteiger partial charge >= 0.3 is 6.18 Å². The quantitative estimate of drug-likeness (QED) is 0.718. The molecule has 148 valence electrons. The number of piperazine rings is 1. The van der Waals surface area contributed by atoms with Gasteiger partial charge in [-0.2, -0.15) is 13.2 Å². The lowest BCUT2D eigenvalue weighted by atomic mass is 10.2. The molecule has 1 heterocycles. The summed E-state index contributed by atoms with van der Waals surface area (Å²) in [5.74, 6) is 0.0736. The Morgan fingerprint density at radius 1 is 1.27 bits per heavy atom. The van der Waals surface area contributed by atoms with Crippen LogP contribution in [0.2, 0.25) is 5.02 Å². The van der Waals surface area contributed by atoms with Crippen LogP contribution in [-0.4, -0.2) is 62.4 Å². The van der Waals surface area contributed by atoms with Gasteiger partial charge in [0, 0.05) is 37.7 Å². The Bertz CT molecular complexity index is 553. The molecule has 10 heteroatoms. The molecule has 0 aliphatic carbocycles. The highest BCUT2D eigenvalue weighted by Gasteiger charge is 2.43. The second-order valence-corrected chi connectivity index (χ2v) is 6.14. The van der Waals surface area contributed by atoms with E-state index in [1.165, 1.54) is 4.90 Å². The zero-order valence-electron chi connectivity index (χ0n) is 14.0. The number of amides is 1. The summed E-state index contributed by atoms with van der Waals surface area (Å²) in [7, 11) is 0. The summed E-state index contributed by atoms with van der Waals surface area (Å²) in [4.78, 5) is 13.1. The maximum absolute atomic E-state index is 13.2. The second-order valence-electron chi connectivity index (χ2n) is 5.70. The monoisotopic (exact) mass is 415 g/mol. The Morgan fingerprint density at radius 2 is 1.88 bits per heavy atom. The molecule has 1 aliphatic heterocycles. The van der Waals surface area contributed by atoms with E-state index in [2.05, 4.69) is 10.6 Å². The Labute approximate surface area is 161 Å². The van der Waals surface area contributed by atoms with Crippen LogP contribution in [0.1, 0.15) is 6.42 Å². The minimum atomic E-state index is -4.38. The van der Waals surface area contributed by atoms with Crippen LogP contribution in [0.4, 0.5) is 13.2 Å². The zero-order valence-corrected chi connectivity index (χ0v) is 15.6. The van der Waals surface area contributed by atoms with E-state index in [4.69, 9.17) is 16.3 Å². The normalized spacial score (nSPS) is 16.5. The molecular formula is C16H22Cl2F3N3O2. The highest BCUT2D eigenvalue weighted by Crippen LogP contribution is 2.24. The Hall–Kier alpha value is -1.22. The molecule has 0 saturated carbocycles. The van der Waals surface area contributed by atoms with E-state index in [9.17, 15) is 18.0 Å². The molecular weight excluding hydrogens is 394 g/mol. The minimum Gasteiger partial charge on any atom is -0.493 e. The first-order valence-electron chi connectivity index (χ1n) is 8.03. The van der Waals surface area contributed by atoms with Gasteiger partial charge in [0.05, 0.1) is 13.0 Å². The van der Waals surface area contributed by atoms with E-state index in [0.717, 1.165) is 0 Å². The molecule has 1 aromatic carbocycles. The minimum absolute atomic E-state index is 0. The molecule has 0 aromatic heterocycles. The van der Waals surface area contributed by atoms with Crippen LogP contribution in [0, 0.1) is 0 Å². The van der Waals surface area contributed by atoms with Gasteiger partial charge in [-0.25, -0.2) is 0 Å². The van der Waals surface area contributed by atoms with E-state index < -0.39 is 24.7 Å². The summed E-state index contributed by atoms with van der Waals surface area (Å²) < 4.78 is 45.0. The summed E-state index contributed by atoms with van der Waals surface area (Å²) >= 11 is 5.75. The number of carbonyl (C=O) groups excluding carboxylic acids is 1. The molecule has 2 N–H and O–H groups in total. The lowest BCUT2D eigenvalue weighted by Crippen LogP contribution is -2.57. The number of nitrogens with zero attached hydrogens (tertiary/aromatic N) is 1. The molecule has 0 radical (unpaired) electrons. The molecule has 5 nitrogen and oxygen atoms in total. The molecule has 0 spiro atoms. The molecule has 26 heavy (non-hydrogen) atoms. The van der Waals surface area contributed by atoms with Gasteiger partial charge in [0.15, 0.2) is 0 Å². The largest absolute Gasteiger partial charge is 0.493 e. The van der Waals surface area contributed by atoms with E-state index >= 15 is 0 Å². The van der Waals surface area contributed by atoms with E-state index in [1.54, 1.807) is 24.3 Å². The highest BCUT2D eigenvalue weighted by molar-refractivity contribution is 6.30. The van der Waals surface area contributed by atoms with Gasteiger partial charge in [-0.3, -0.25) is 9.69 Å². The van der Waals surface area contributed by atoms with Crippen LogP contribution in [0.3, 0.4) is 0 Å². The van der Waals surface area contributed by atoms with Gasteiger partial charge in [0.2, 0.25) is 5.91 Å². The predicted molar refractivity (Wildman–Crippen MR) is 96.1 cm³/mol. The maximum atomic E-state index is 13.2. The molecule has 1 atom stereocenters. The van der Waals surface area contributed by atoms with Crippen molar-refractivity contribution in [3.05, 3.63) is 29.3 Å². The molecule has 1 aliphatic rings. The lowest BCUT2D eigenvalue weighted by Gasteiger charge is -2.35. The third kappa shape index (κ3) is 7.57. The van der Waals surface area contributed by atoms with Crippen LogP contribution in [-0.2, 0) is 4.79 Å². The van der Waals surface area contributed by atoms with E-state index in [0.29, 0.717) is 37.0 Å². The Kier molecular flexibility index (Phi) is 9.49. The second kappa shape index (κ2) is 10.8. The molecule has 1 unspecified atom stereocenters. The van der Waals surface area contributed by atoms with E-state index in [1.807, 2.05) is 0 Å². The topological polar surface area (TPSA) is 53.6 Å². The molecule has 1 saturated heterocycles. The summed E-state index contributed by atoms with van der Waals surface area (Å²) in [6, 6.07) is 4.95. The van der Waals surface area contributed by atoms with E-state index in [-0.39, 0.29) is 25.4 Å². The number of rotatable bonds is 7. The summed E-state index contributed by atoms with van der Waals surface area (Å²) in [6.45, 7) is 1.26.